The van der Waals surface area contributed by atoms with E-state index in [1.165, 1.54) is 0 Å². The highest BCUT2D eigenvalue weighted by Gasteiger charge is 2.36. The molecular formula is C10H5F3N2O3. The minimum absolute atomic E-state index is 0.473. The molecule has 5 nitrogen and oxygen atoms in total. The Morgan fingerprint density at radius 2 is 2.11 bits per heavy atom. The van der Waals surface area contributed by atoms with Gasteiger partial charge in [0.25, 0.3) is 0 Å². The third-order valence-corrected chi connectivity index (χ3v) is 2.13. The topological polar surface area (TPSA) is 76.2 Å². The highest BCUT2D eigenvalue weighted by atomic mass is 19.4. The van der Waals surface area contributed by atoms with Crippen LogP contribution in [-0.4, -0.2) is 21.2 Å². The third-order valence-electron chi connectivity index (χ3n) is 2.13. The molecule has 0 aliphatic heterocycles. The van der Waals surface area contributed by atoms with Crippen LogP contribution in [0.1, 0.15) is 15.9 Å². The Balaban J connectivity index is 2.65. The normalized spacial score (nSPS) is 11.5. The summed E-state index contributed by atoms with van der Waals surface area (Å²) in [5, 5.41) is 12.0. The monoisotopic (exact) mass is 258 g/mol. The number of carboxylic acid groups (broad SMARTS) is 1. The molecular weight excluding hydrogens is 253 g/mol. The van der Waals surface area contributed by atoms with E-state index in [4.69, 9.17) is 5.11 Å². The number of nitrogens with zero attached hydrogens (tertiary/aromatic N) is 2. The highest BCUT2D eigenvalue weighted by molar-refractivity contribution is 5.93. The van der Waals surface area contributed by atoms with E-state index >= 15 is 0 Å². The molecule has 0 aromatic carbocycles. The molecule has 2 aromatic heterocycles. The Kier molecular flexibility index (Phi) is 2.77. The summed E-state index contributed by atoms with van der Waals surface area (Å²) in [6.45, 7) is 0. The Morgan fingerprint density at radius 3 is 2.72 bits per heavy atom. The van der Waals surface area contributed by atoms with Gasteiger partial charge in [-0.2, -0.15) is 13.2 Å². The average Bonchev–Trinajstić information content (AvgIpc) is 2.76. The second-order valence-electron chi connectivity index (χ2n) is 3.27. The summed E-state index contributed by atoms with van der Waals surface area (Å²) < 4.78 is 42.7. The van der Waals surface area contributed by atoms with E-state index in [-0.39, 0.29) is 0 Å². The molecule has 0 unspecified atom stereocenters. The Hall–Kier alpha value is -2.38. The van der Waals surface area contributed by atoms with Crippen LogP contribution in [0, 0.1) is 0 Å². The second kappa shape index (κ2) is 4.13. The molecule has 2 aromatic rings. The number of rotatable bonds is 2. The van der Waals surface area contributed by atoms with E-state index in [9.17, 15) is 18.0 Å². The molecule has 0 amide bonds. The van der Waals surface area contributed by atoms with Crippen molar-refractivity contribution < 1.29 is 27.6 Å². The lowest BCUT2D eigenvalue weighted by molar-refractivity contribution is -0.137. The Morgan fingerprint density at radius 1 is 1.39 bits per heavy atom. The minimum atomic E-state index is -4.66. The number of pyridine rings is 1. The maximum atomic E-state index is 12.7. The predicted octanol–water partition coefficient (Wildman–Crippen LogP) is 2.45. The highest BCUT2D eigenvalue weighted by Crippen LogP contribution is 2.36. The van der Waals surface area contributed by atoms with Crippen LogP contribution in [0.25, 0.3) is 11.5 Å². The van der Waals surface area contributed by atoms with Crippen molar-refractivity contribution >= 4 is 5.97 Å². The van der Waals surface area contributed by atoms with E-state index in [2.05, 4.69) is 14.7 Å². The lowest BCUT2D eigenvalue weighted by Crippen LogP contribution is -2.09. The van der Waals surface area contributed by atoms with E-state index < -0.39 is 34.7 Å². The van der Waals surface area contributed by atoms with Gasteiger partial charge in [-0.25, -0.2) is 4.79 Å². The fourth-order valence-electron chi connectivity index (χ4n) is 1.38. The number of hydrogen-bond donors (Lipinski definition) is 1. The van der Waals surface area contributed by atoms with E-state index in [0.29, 0.717) is 0 Å². The van der Waals surface area contributed by atoms with Gasteiger partial charge in [-0.1, -0.05) is 5.16 Å². The fourth-order valence-corrected chi connectivity index (χ4v) is 1.38. The smallest absolute Gasteiger partial charge is 0.418 e. The maximum absolute atomic E-state index is 12.7. The van der Waals surface area contributed by atoms with Gasteiger partial charge in [-0.05, 0) is 12.1 Å². The van der Waals surface area contributed by atoms with Crippen LogP contribution in [0.5, 0.6) is 0 Å². The number of hydrogen-bond acceptors (Lipinski definition) is 4. The third kappa shape index (κ3) is 2.04. The molecule has 0 aliphatic carbocycles. The van der Waals surface area contributed by atoms with Gasteiger partial charge in [0, 0.05) is 6.20 Å². The van der Waals surface area contributed by atoms with Gasteiger partial charge in [0.15, 0.2) is 5.76 Å². The summed E-state index contributed by atoms with van der Waals surface area (Å²) in [4.78, 5) is 14.3. The minimum Gasteiger partial charge on any atom is -0.477 e. The average molecular weight is 258 g/mol. The summed E-state index contributed by atoms with van der Waals surface area (Å²) in [5.74, 6) is -1.96. The molecule has 0 radical (unpaired) electrons. The van der Waals surface area contributed by atoms with Crippen molar-refractivity contribution in [3.8, 4) is 11.5 Å². The maximum Gasteiger partial charge on any atom is 0.418 e. The van der Waals surface area contributed by atoms with Crippen molar-refractivity contribution in [3.05, 3.63) is 35.7 Å². The van der Waals surface area contributed by atoms with Crippen molar-refractivity contribution in [2.24, 2.45) is 0 Å². The van der Waals surface area contributed by atoms with E-state index in [0.717, 1.165) is 24.5 Å². The molecule has 0 spiro atoms. The van der Waals surface area contributed by atoms with Gasteiger partial charge in [-0.3, -0.25) is 4.98 Å². The summed E-state index contributed by atoms with van der Waals surface area (Å²) in [7, 11) is 0. The lowest BCUT2D eigenvalue weighted by atomic mass is 10.1. The molecule has 0 saturated carbocycles. The summed E-state index contributed by atoms with van der Waals surface area (Å²) in [6.07, 6.45) is -2.72. The quantitative estimate of drug-likeness (QED) is 0.895. The van der Waals surface area contributed by atoms with Crippen LogP contribution < -0.4 is 0 Å². The first-order valence-corrected chi connectivity index (χ1v) is 4.62. The predicted molar refractivity (Wildman–Crippen MR) is 51.7 cm³/mol. The zero-order valence-electron chi connectivity index (χ0n) is 8.60. The molecule has 0 saturated heterocycles. The van der Waals surface area contributed by atoms with Crippen molar-refractivity contribution in [2.45, 2.75) is 6.18 Å². The van der Waals surface area contributed by atoms with Crippen LogP contribution in [0.2, 0.25) is 0 Å². The Labute approximate surface area is 97.9 Å². The molecule has 1 N–H and O–H groups in total. The van der Waals surface area contributed by atoms with Crippen molar-refractivity contribution in [1.29, 1.82) is 0 Å². The fraction of sp³-hybridized carbons (Fsp3) is 0.100. The molecule has 0 aliphatic rings. The van der Waals surface area contributed by atoms with E-state index in [1.807, 2.05) is 0 Å². The number of carboxylic acids is 1. The van der Waals surface area contributed by atoms with Crippen molar-refractivity contribution in [2.75, 3.05) is 0 Å². The molecule has 0 bridgehead atoms. The standard InChI is InChI=1S/C10H5F3N2O3/c11-10(12,13)6-2-1-3-14-7(6)8-5(9(16)17)4-15-18-8/h1-4H,(H,16,17). The first-order valence-electron chi connectivity index (χ1n) is 4.62. The molecule has 18 heavy (non-hydrogen) atoms. The first-order chi connectivity index (χ1) is 8.41. The van der Waals surface area contributed by atoms with Gasteiger partial charge < -0.3 is 9.63 Å². The zero-order valence-corrected chi connectivity index (χ0v) is 8.60. The van der Waals surface area contributed by atoms with Crippen LogP contribution in [0.4, 0.5) is 13.2 Å². The zero-order chi connectivity index (χ0) is 13.3. The Bertz CT molecular complexity index is 592. The van der Waals surface area contributed by atoms with Crippen LogP contribution in [-0.2, 0) is 6.18 Å². The molecule has 0 atom stereocenters. The van der Waals surface area contributed by atoms with Gasteiger partial charge in [0.2, 0.25) is 0 Å². The van der Waals surface area contributed by atoms with Crippen molar-refractivity contribution in [1.82, 2.24) is 10.1 Å². The van der Waals surface area contributed by atoms with Crippen molar-refractivity contribution in [3.63, 3.8) is 0 Å². The molecule has 8 heteroatoms. The van der Waals surface area contributed by atoms with E-state index in [1.54, 1.807) is 0 Å². The van der Waals surface area contributed by atoms with Gasteiger partial charge in [0.1, 0.15) is 11.3 Å². The molecule has 0 fully saturated rings. The number of aromatic carboxylic acids is 1. The number of alkyl halides is 3. The van der Waals surface area contributed by atoms with Crippen LogP contribution >= 0.6 is 0 Å². The summed E-state index contributed by atoms with van der Waals surface area (Å²) in [5.41, 5.74) is -2.15. The largest absolute Gasteiger partial charge is 0.477 e. The summed E-state index contributed by atoms with van der Waals surface area (Å²) >= 11 is 0. The SMILES string of the molecule is O=C(O)c1cnoc1-c1ncccc1C(F)(F)F. The van der Waals surface area contributed by atoms with Crippen LogP contribution in [0.15, 0.2) is 29.0 Å². The van der Waals surface area contributed by atoms with Gasteiger partial charge in [0.05, 0.1) is 11.8 Å². The number of halogens is 3. The summed E-state index contributed by atoms with van der Waals surface area (Å²) in [6, 6.07) is 1.89. The van der Waals surface area contributed by atoms with Gasteiger partial charge >= 0.3 is 12.1 Å². The number of aromatic nitrogens is 2. The molecule has 2 rings (SSSR count). The number of carbonyl (C=O) groups is 1. The molecule has 94 valence electrons. The molecule has 2 heterocycles. The van der Waals surface area contributed by atoms with Crippen LogP contribution in [0.3, 0.4) is 0 Å². The lowest BCUT2D eigenvalue weighted by Gasteiger charge is -2.09. The first kappa shape index (κ1) is 12.1. The second-order valence-corrected chi connectivity index (χ2v) is 3.27. The van der Waals surface area contributed by atoms with Gasteiger partial charge in [-0.15, -0.1) is 0 Å².